The number of thioether (sulfide) groups is 1. The zero-order chi connectivity index (χ0) is 15.4. The Kier molecular flexibility index (Phi) is 5.58. The second kappa shape index (κ2) is 7.22. The summed E-state index contributed by atoms with van der Waals surface area (Å²) in [6.07, 6.45) is 2.88. The molecule has 21 heavy (non-hydrogen) atoms. The first kappa shape index (κ1) is 16.2. The summed E-state index contributed by atoms with van der Waals surface area (Å²) in [5.74, 6) is -1.82. The molecule has 6 heteroatoms. The quantitative estimate of drug-likeness (QED) is 0.907. The van der Waals surface area contributed by atoms with Crippen molar-refractivity contribution in [1.29, 1.82) is 0 Å². The number of rotatable bonds is 5. The first-order valence-electron chi connectivity index (χ1n) is 6.96. The third-order valence-electron chi connectivity index (χ3n) is 3.64. The van der Waals surface area contributed by atoms with E-state index in [2.05, 4.69) is 5.32 Å². The fourth-order valence-electron chi connectivity index (χ4n) is 2.49. The van der Waals surface area contributed by atoms with E-state index in [1.165, 1.54) is 17.8 Å². The first-order valence-corrected chi connectivity index (χ1v) is 8.25. The number of amides is 1. The van der Waals surface area contributed by atoms with Crippen LogP contribution in [0.5, 0.6) is 0 Å². The van der Waals surface area contributed by atoms with Crippen LogP contribution in [0.3, 0.4) is 0 Å². The van der Waals surface area contributed by atoms with Crippen LogP contribution >= 0.6 is 11.8 Å². The van der Waals surface area contributed by atoms with Gasteiger partial charge in [-0.2, -0.15) is 11.8 Å². The lowest BCUT2D eigenvalue weighted by molar-refractivity contribution is -0.121. The van der Waals surface area contributed by atoms with Gasteiger partial charge in [-0.3, -0.25) is 4.79 Å². The molecular formula is C15H19F2NO2S. The van der Waals surface area contributed by atoms with Crippen molar-refractivity contribution < 1.29 is 18.3 Å². The number of nitrogens with one attached hydrogen (secondary N) is 1. The van der Waals surface area contributed by atoms with Crippen molar-refractivity contribution in [2.75, 3.05) is 12.9 Å². The molecule has 116 valence electrons. The predicted octanol–water partition coefficient (Wildman–Crippen LogP) is 3.05. The second-order valence-electron chi connectivity index (χ2n) is 5.00. The van der Waals surface area contributed by atoms with Crippen LogP contribution in [-0.2, 0) is 9.53 Å². The third kappa shape index (κ3) is 3.74. The SMILES string of the molecule is CCC(SC)C(=O)N[C@@H]1CCO[C@H]1c1ccc(F)c(F)c1. The van der Waals surface area contributed by atoms with Gasteiger partial charge >= 0.3 is 0 Å². The van der Waals surface area contributed by atoms with E-state index < -0.39 is 17.7 Å². The highest BCUT2D eigenvalue weighted by molar-refractivity contribution is 7.99. The number of hydrogen-bond donors (Lipinski definition) is 1. The van der Waals surface area contributed by atoms with E-state index in [1.54, 1.807) is 0 Å². The van der Waals surface area contributed by atoms with Crippen molar-refractivity contribution in [3.05, 3.63) is 35.4 Å². The zero-order valence-electron chi connectivity index (χ0n) is 12.1. The molecule has 0 aliphatic carbocycles. The van der Waals surface area contributed by atoms with Crippen LogP contribution in [-0.4, -0.2) is 30.1 Å². The van der Waals surface area contributed by atoms with Gasteiger partial charge in [0.1, 0.15) is 6.10 Å². The average molecular weight is 315 g/mol. The van der Waals surface area contributed by atoms with Crippen molar-refractivity contribution in [2.45, 2.75) is 37.2 Å². The largest absolute Gasteiger partial charge is 0.371 e. The third-order valence-corrected chi connectivity index (χ3v) is 4.76. The van der Waals surface area contributed by atoms with Crippen LogP contribution in [0.4, 0.5) is 8.78 Å². The predicted molar refractivity (Wildman–Crippen MR) is 79.2 cm³/mol. The maximum atomic E-state index is 13.3. The van der Waals surface area contributed by atoms with E-state index in [-0.39, 0.29) is 17.2 Å². The van der Waals surface area contributed by atoms with Gasteiger partial charge in [0, 0.05) is 6.61 Å². The van der Waals surface area contributed by atoms with Gasteiger partial charge in [-0.1, -0.05) is 13.0 Å². The first-order chi connectivity index (χ1) is 10.1. The molecule has 0 aromatic heterocycles. The van der Waals surface area contributed by atoms with Gasteiger partial charge in [0.15, 0.2) is 11.6 Å². The summed E-state index contributed by atoms with van der Waals surface area (Å²) in [5, 5.41) is 2.86. The molecule has 2 rings (SSSR count). The number of hydrogen-bond acceptors (Lipinski definition) is 3. The van der Waals surface area contributed by atoms with E-state index in [4.69, 9.17) is 4.74 Å². The summed E-state index contributed by atoms with van der Waals surface area (Å²) in [7, 11) is 0. The van der Waals surface area contributed by atoms with E-state index in [9.17, 15) is 13.6 Å². The fourth-order valence-corrected chi connectivity index (χ4v) is 3.11. The molecule has 1 saturated heterocycles. The number of carbonyl (C=O) groups excluding carboxylic acids is 1. The van der Waals surface area contributed by atoms with Gasteiger partial charge in [-0.05, 0) is 36.8 Å². The Morgan fingerprint density at radius 3 is 2.86 bits per heavy atom. The van der Waals surface area contributed by atoms with Crippen molar-refractivity contribution in [2.24, 2.45) is 0 Å². The Labute approximate surface area is 127 Å². The molecule has 1 heterocycles. The Hall–Kier alpha value is -1.14. The molecule has 0 saturated carbocycles. The molecule has 0 bridgehead atoms. The van der Waals surface area contributed by atoms with Gasteiger partial charge < -0.3 is 10.1 Å². The number of ether oxygens (including phenoxy) is 1. The van der Waals surface area contributed by atoms with E-state index in [0.29, 0.717) is 18.6 Å². The smallest absolute Gasteiger partial charge is 0.233 e. The highest BCUT2D eigenvalue weighted by atomic mass is 32.2. The lowest BCUT2D eigenvalue weighted by Gasteiger charge is -2.22. The summed E-state index contributed by atoms with van der Waals surface area (Å²) >= 11 is 1.50. The molecule has 1 amide bonds. The van der Waals surface area contributed by atoms with E-state index in [1.807, 2.05) is 13.2 Å². The molecule has 1 aliphatic heterocycles. The second-order valence-corrected chi connectivity index (χ2v) is 6.04. The van der Waals surface area contributed by atoms with Crippen molar-refractivity contribution >= 4 is 17.7 Å². The maximum absolute atomic E-state index is 13.3. The molecule has 1 aliphatic rings. The normalized spacial score (nSPS) is 23.0. The Morgan fingerprint density at radius 2 is 2.24 bits per heavy atom. The summed E-state index contributed by atoms with van der Waals surface area (Å²) in [6, 6.07) is 3.51. The number of benzene rings is 1. The number of halogens is 2. The van der Waals surface area contributed by atoms with Crippen LogP contribution in [0, 0.1) is 11.6 Å². The molecule has 1 aromatic carbocycles. The molecule has 1 aromatic rings. The molecular weight excluding hydrogens is 296 g/mol. The summed E-state index contributed by atoms with van der Waals surface area (Å²) in [6.45, 7) is 2.45. The van der Waals surface area contributed by atoms with Gasteiger partial charge in [0.25, 0.3) is 0 Å². The highest BCUT2D eigenvalue weighted by Crippen LogP contribution is 2.30. The lowest BCUT2D eigenvalue weighted by Crippen LogP contribution is -2.41. The van der Waals surface area contributed by atoms with Crippen LogP contribution in [0.1, 0.15) is 31.4 Å². The summed E-state index contributed by atoms with van der Waals surface area (Å²) in [4.78, 5) is 12.1. The maximum Gasteiger partial charge on any atom is 0.233 e. The molecule has 0 radical (unpaired) electrons. The van der Waals surface area contributed by atoms with Crippen molar-refractivity contribution in [1.82, 2.24) is 5.32 Å². The van der Waals surface area contributed by atoms with Crippen LogP contribution in [0.25, 0.3) is 0 Å². The minimum atomic E-state index is -0.899. The Morgan fingerprint density at radius 1 is 1.48 bits per heavy atom. The van der Waals surface area contributed by atoms with Crippen molar-refractivity contribution in [3.63, 3.8) is 0 Å². The van der Waals surface area contributed by atoms with Gasteiger partial charge in [-0.15, -0.1) is 0 Å². The molecule has 1 fully saturated rings. The topological polar surface area (TPSA) is 38.3 Å². The van der Waals surface area contributed by atoms with Gasteiger partial charge in [0.2, 0.25) is 5.91 Å². The molecule has 3 atom stereocenters. The molecule has 0 spiro atoms. The van der Waals surface area contributed by atoms with Crippen LogP contribution in [0.15, 0.2) is 18.2 Å². The summed E-state index contributed by atoms with van der Waals surface area (Å²) in [5.41, 5.74) is 0.550. The van der Waals surface area contributed by atoms with Crippen LogP contribution < -0.4 is 5.32 Å². The number of carbonyl (C=O) groups is 1. The summed E-state index contributed by atoms with van der Waals surface area (Å²) < 4.78 is 31.9. The monoisotopic (exact) mass is 315 g/mol. The lowest BCUT2D eigenvalue weighted by atomic mass is 10.0. The Bertz CT molecular complexity index is 508. The Balaban J connectivity index is 2.09. The highest BCUT2D eigenvalue weighted by Gasteiger charge is 2.32. The molecule has 1 N–H and O–H groups in total. The molecule has 1 unspecified atom stereocenters. The molecule has 3 nitrogen and oxygen atoms in total. The minimum absolute atomic E-state index is 0.0342. The zero-order valence-corrected chi connectivity index (χ0v) is 12.9. The average Bonchev–Trinajstić information content (AvgIpc) is 2.91. The van der Waals surface area contributed by atoms with E-state index >= 15 is 0 Å². The van der Waals surface area contributed by atoms with Gasteiger partial charge in [-0.25, -0.2) is 8.78 Å². The van der Waals surface area contributed by atoms with Crippen LogP contribution in [0.2, 0.25) is 0 Å². The minimum Gasteiger partial charge on any atom is -0.371 e. The van der Waals surface area contributed by atoms with Gasteiger partial charge in [0.05, 0.1) is 11.3 Å². The van der Waals surface area contributed by atoms with E-state index in [0.717, 1.165) is 18.6 Å². The fraction of sp³-hybridized carbons (Fsp3) is 0.533. The standard InChI is InChI=1S/C15H19F2NO2S/c1-3-13(21-2)15(19)18-12-6-7-20-14(12)9-4-5-10(16)11(17)8-9/h4-5,8,12-14H,3,6-7H2,1-2H3,(H,18,19)/t12-,13?,14+/m1/s1. The van der Waals surface area contributed by atoms with Crippen molar-refractivity contribution in [3.8, 4) is 0 Å².